The summed E-state index contributed by atoms with van der Waals surface area (Å²) in [6, 6.07) is 14.4. The van der Waals surface area contributed by atoms with Gasteiger partial charge in [-0.15, -0.1) is 0 Å². The molecule has 98 valence electrons. The highest BCUT2D eigenvalue weighted by atomic mass is 16.5. The number of hydrogen-bond donors (Lipinski definition) is 0. The standard InChI is InChI=1S/C18H15NO/c1-11-6-5-8-15-17(11)12(2)14-10-20-16-9-4-3-7-13(16)18(14)19-15/h3-9H,10H2,1-2H3. The molecule has 0 fully saturated rings. The summed E-state index contributed by atoms with van der Waals surface area (Å²) in [6.45, 7) is 4.92. The average molecular weight is 261 g/mol. The van der Waals surface area contributed by atoms with Crippen LogP contribution < -0.4 is 4.74 Å². The molecule has 3 aromatic rings. The Morgan fingerprint density at radius 1 is 1.00 bits per heavy atom. The van der Waals surface area contributed by atoms with Crippen LogP contribution in [0.15, 0.2) is 42.5 Å². The van der Waals surface area contributed by atoms with Gasteiger partial charge in [-0.25, -0.2) is 4.98 Å². The van der Waals surface area contributed by atoms with Crippen LogP contribution in [0.4, 0.5) is 0 Å². The Morgan fingerprint density at radius 3 is 2.75 bits per heavy atom. The minimum absolute atomic E-state index is 0.607. The minimum Gasteiger partial charge on any atom is -0.488 e. The largest absolute Gasteiger partial charge is 0.488 e. The SMILES string of the molecule is Cc1cccc2nc3c(c(C)c12)COc1ccccc1-3. The van der Waals surface area contributed by atoms with Crippen LogP contribution in [-0.2, 0) is 6.61 Å². The smallest absolute Gasteiger partial charge is 0.129 e. The maximum atomic E-state index is 5.88. The van der Waals surface area contributed by atoms with Gasteiger partial charge < -0.3 is 4.74 Å². The molecule has 4 rings (SSSR count). The summed E-state index contributed by atoms with van der Waals surface area (Å²) in [7, 11) is 0. The molecule has 2 heterocycles. The van der Waals surface area contributed by atoms with Crippen molar-refractivity contribution in [2.24, 2.45) is 0 Å². The molecule has 0 unspecified atom stereocenters. The number of benzene rings is 2. The number of ether oxygens (including phenoxy) is 1. The van der Waals surface area contributed by atoms with Crippen molar-refractivity contribution >= 4 is 10.9 Å². The number of nitrogens with zero attached hydrogens (tertiary/aromatic N) is 1. The van der Waals surface area contributed by atoms with Crippen LogP contribution in [-0.4, -0.2) is 4.98 Å². The molecule has 0 N–H and O–H groups in total. The average Bonchev–Trinajstić information content (AvgIpc) is 2.47. The van der Waals surface area contributed by atoms with Gasteiger partial charge in [0.05, 0.1) is 11.2 Å². The molecule has 0 amide bonds. The molecular weight excluding hydrogens is 246 g/mol. The molecule has 0 aliphatic carbocycles. The summed E-state index contributed by atoms with van der Waals surface area (Å²) in [6.07, 6.45) is 0. The molecule has 1 aliphatic rings. The van der Waals surface area contributed by atoms with E-state index in [0.29, 0.717) is 6.61 Å². The van der Waals surface area contributed by atoms with Gasteiger partial charge in [0.2, 0.25) is 0 Å². The van der Waals surface area contributed by atoms with Crippen LogP contribution in [0, 0.1) is 13.8 Å². The van der Waals surface area contributed by atoms with Crippen LogP contribution in [0.1, 0.15) is 16.7 Å². The van der Waals surface area contributed by atoms with Gasteiger partial charge in [0.15, 0.2) is 0 Å². The van der Waals surface area contributed by atoms with Crippen molar-refractivity contribution in [2.75, 3.05) is 0 Å². The predicted molar refractivity (Wildman–Crippen MR) is 81.0 cm³/mol. The number of hydrogen-bond acceptors (Lipinski definition) is 2. The lowest BCUT2D eigenvalue weighted by molar-refractivity contribution is 0.301. The van der Waals surface area contributed by atoms with Crippen LogP contribution in [0.25, 0.3) is 22.2 Å². The van der Waals surface area contributed by atoms with Crippen molar-refractivity contribution in [2.45, 2.75) is 20.5 Å². The molecule has 2 aromatic carbocycles. The minimum atomic E-state index is 0.607. The lowest BCUT2D eigenvalue weighted by atomic mass is 9.94. The second-order valence-electron chi connectivity index (χ2n) is 5.32. The van der Waals surface area contributed by atoms with E-state index in [-0.39, 0.29) is 0 Å². The molecule has 0 bridgehead atoms. The maximum Gasteiger partial charge on any atom is 0.129 e. The Labute approximate surface area is 118 Å². The van der Waals surface area contributed by atoms with E-state index in [2.05, 4.69) is 38.1 Å². The van der Waals surface area contributed by atoms with Crippen molar-refractivity contribution in [1.82, 2.24) is 4.98 Å². The number of para-hydroxylation sites is 1. The van der Waals surface area contributed by atoms with E-state index in [4.69, 9.17) is 9.72 Å². The third-order valence-electron chi connectivity index (χ3n) is 4.11. The van der Waals surface area contributed by atoms with Gasteiger partial charge in [0, 0.05) is 16.5 Å². The fourth-order valence-corrected chi connectivity index (χ4v) is 3.09. The first kappa shape index (κ1) is 11.5. The molecule has 0 atom stereocenters. The summed E-state index contributed by atoms with van der Waals surface area (Å²) in [5.74, 6) is 0.930. The summed E-state index contributed by atoms with van der Waals surface area (Å²) >= 11 is 0. The molecule has 2 heteroatoms. The normalized spacial score (nSPS) is 12.7. The molecule has 1 aromatic heterocycles. The Bertz CT molecular complexity index is 836. The molecule has 0 radical (unpaired) electrons. The summed E-state index contributed by atoms with van der Waals surface area (Å²) < 4.78 is 5.88. The van der Waals surface area contributed by atoms with Crippen LogP contribution in [0.3, 0.4) is 0 Å². The summed E-state index contributed by atoms with van der Waals surface area (Å²) in [5, 5.41) is 1.26. The number of aromatic nitrogens is 1. The summed E-state index contributed by atoms with van der Waals surface area (Å²) in [4.78, 5) is 4.90. The van der Waals surface area contributed by atoms with Gasteiger partial charge in [-0.05, 0) is 43.2 Å². The van der Waals surface area contributed by atoms with Crippen LogP contribution in [0.5, 0.6) is 5.75 Å². The fraction of sp³-hybridized carbons (Fsp3) is 0.167. The van der Waals surface area contributed by atoms with E-state index >= 15 is 0 Å². The van der Waals surface area contributed by atoms with Crippen molar-refractivity contribution in [1.29, 1.82) is 0 Å². The van der Waals surface area contributed by atoms with Crippen molar-refractivity contribution in [3.8, 4) is 17.0 Å². The first-order valence-electron chi connectivity index (χ1n) is 6.86. The second-order valence-corrected chi connectivity index (χ2v) is 5.32. The quantitative estimate of drug-likeness (QED) is 0.598. The van der Waals surface area contributed by atoms with Crippen molar-refractivity contribution < 1.29 is 4.74 Å². The van der Waals surface area contributed by atoms with Gasteiger partial charge in [0.1, 0.15) is 12.4 Å². The van der Waals surface area contributed by atoms with Gasteiger partial charge in [-0.3, -0.25) is 0 Å². The third kappa shape index (κ3) is 1.48. The zero-order valence-electron chi connectivity index (χ0n) is 11.6. The predicted octanol–water partition coefficient (Wildman–Crippen LogP) is 4.41. The number of rotatable bonds is 0. The van der Waals surface area contributed by atoms with Crippen LogP contribution >= 0.6 is 0 Å². The first-order valence-corrected chi connectivity index (χ1v) is 6.86. The monoisotopic (exact) mass is 261 g/mol. The number of fused-ring (bicyclic) bond motifs is 4. The molecule has 0 saturated carbocycles. The van der Waals surface area contributed by atoms with E-state index in [1.165, 1.54) is 22.1 Å². The fourth-order valence-electron chi connectivity index (χ4n) is 3.09. The van der Waals surface area contributed by atoms with E-state index in [1.54, 1.807) is 0 Å². The molecular formula is C18H15NO. The van der Waals surface area contributed by atoms with Crippen LogP contribution in [0.2, 0.25) is 0 Å². The topological polar surface area (TPSA) is 22.1 Å². The van der Waals surface area contributed by atoms with Gasteiger partial charge in [0.25, 0.3) is 0 Å². The van der Waals surface area contributed by atoms with Gasteiger partial charge >= 0.3 is 0 Å². The van der Waals surface area contributed by atoms with Crippen molar-refractivity contribution in [3.05, 3.63) is 59.2 Å². The molecule has 0 saturated heterocycles. The Hall–Kier alpha value is -2.35. The first-order chi connectivity index (χ1) is 9.75. The zero-order chi connectivity index (χ0) is 13.7. The molecule has 0 spiro atoms. The second kappa shape index (κ2) is 4.07. The molecule has 2 nitrogen and oxygen atoms in total. The number of aryl methyl sites for hydroxylation is 2. The Kier molecular flexibility index (Phi) is 2.34. The number of pyridine rings is 1. The Balaban J connectivity index is 2.13. The highest BCUT2D eigenvalue weighted by Crippen LogP contribution is 2.39. The van der Waals surface area contributed by atoms with E-state index in [9.17, 15) is 0 Å². The van der Waals surface area contributed by atoms with Gasteiger partial charge in [-0.2, -0.15) is 0 Å². The lowest BCUT2D eigenvalue weighted by Crippen LogP contribution is -2.09. The Morgan fingerprint density at radius 2 is 1.85 bits per heavy atom. The lowest BCUT2D eigenvalue weighted by Gasteiger charge is -2.23. The third-order valence-corrected chi connectivity index (χ3v) is 4.11. The van der Waals surface area contributed by atoms with Gasteiger partial charge in [-0.1, -0.05) is 24.3 Å². The van der Waals surface area contributed by atoms with E-state index < -0.39 is 0 Å². The molecule has 20 heavy (non-hydrogen) atoms. The van der Waals surface area contributed by atoms with Crippen molar-refractivity contribution in [3.63, 3.8) is 0 Å². The zero-order valence-corrected chi connectivity index (χ0v) is 11.6. The maximum absolute atomic E-state index is 5.88. The van der Waals surface area contributed by atoms with E-state index in [0.717, 1.165) is 22.5 Å². The molecule has 1 aliphatic heterocycles. The summed E-state index contributed by atoms with van der Waals surface area (Å²) in [5.41, 5.74) is 7.01. The van der Waals surface area contributed by atoms with E-state index in [1.807, 2.05) is 18.2 Å². The highest BCUT2D eigenvalue weighted by molar-refractivity contribution is 5.90. The highest BCUT2D eigenvalue weighted by Gasteiger charge is 2.21.